The van der Waals surface area contributed by atoms with E-state index in [1.807, 2.05) is 44.2 Å². The number of carbonyl (C=O) groups is 2. The van der Waals surface area contributed by atoms with E-state index in [1.165, 1.54) is 12.1 Å². The van der Waals surface area contributed by atoms with Crippen LogP contribution >= 0.6 is 0 Å². The number of carbonyl (C=O) groups excluding carboxylic acids is 2. The highest BCUT2D eigenvalue weighted by molar-refractivity contribution is 5.88. The molecule has 0 bridgehead atoms. The molecule has 0 aliphatic heterocycles. The molecule has 138 valence electrons. The van der Waals surface area contributed by atoms with Crippen molar-refractivity contribution in [3.8, 4) is 0 Å². The Labute approximate surface area is 154 Å². The molecule has 0 fully saturated rings. The summed E-state index contributed by atoms with van der Waals surface area (Å²) in [6.45, 7) is 4.99. The van der Waals surface area contributed by atoms with Crippen LogP contribution in [0.4, 0.5) is 4.39 Å². The number of hydrogen-bond donors (Lipinski definition) is 1. The zero-order valence-corrected chi connectivity index (χ0v) is 15.2. The van der Waals surface area contributed by atoms with E-state index in [4.69, 9.17) is 0 Å². The monoisotopic (exact) mass is 356 g/mol. The minimum Gasteiger partial charge on any atom is -0.341 e. The molecule has 26 heavy (non-hydrogen) atoms. The molecule has 0 radical (unpaired) electrons. The van der Waals surface area contributed by atoms with Crippen LogP contribution in [0.3, 0.4) is 0 Å². The van der Waals surface area contributed by atoms with Gasteiger partial charge in [0.25, 0.3) is 0 Å². The van der Waals surface area contributed by atoms with E-state index in [9.17, 15) is 14.0 Å². The first kappa shape index (κ1) is 19.6. The molecule has 1 unspecified atom stereocenters. The SMILES string of the molecule is CCN(CC)C(=O)C(NC(=O)CCc1cccc(F)c1)c1ccccc1. The van der Waals surface area contributed by atoms with Gasteiger partial charge in [-0.3, -0.25) is 9.59 Å². The summed E-state index contributed by atoms with van der Waals surface area (Å²) in [7, 11) is 0. The number of halogens is 1. The largest absolute Gasteiger partial charge is 0.341 e. The molecule has 1 atom stereocenters. The number of rotatable bonds is 8. The maximum atomic E-state index is 13.2. The lowest BCUT2D eigenvalue weighted by atomic mass is 10.0. The van der Waals surface area contributed by atoms with Crippen molar-refractivity contribution in [1.82, 2.24) is 10.2 Å². The van der Waals surface area contributed by atoms with Crippen LogP contribution in [0.5, 0.6) is 0 Å². The average molecular weight is 356 g/mol. The van der Waals surface area contributed by atoms with Crippen molar-refractivity contribution in [3.05, 3.63) is 71.5 Å². The number of aryl methyl sites for hydroxylation is 1. The van der Waals surface area contributed by atoms with Crippen LogP contribution in [0.15, 0.2) is 54.6 Å². The molecule has 0 aromatic heterocycles. The lowest BCUT2D eigenvalue weighted by Crippen LogP contribution is -2.42. The number of nitrogens with zero attached hydrogens (tertiary/aromatic N) is 1. The number of benzene rings is 2. The first-order valence-electron chi connectivity index (χ1n) is 8.92. The van der Waals surface area contributed by atoms with Gasteiger partial charge in [-0.2, -0.15) is 0 Å². The summed E-state index contributed by atoms with van der Waals surface area (Å²) in [5.74, 6) is -0.675. The van der Waals surface area contributed by atoms with Crippen molar-refractivity contribution in [2.75, 3.05) is 13.1 Å². The van der Waals surface area contributed by atoms with Gasteiger partial charge in [0.1, 0.15) is 11.9 Å². The van der Waals surface area contributed by atoms with Gasteiger partial charge in [0.2, 0.25) is 11.8 Å². The summed E-state index contributed by atoms with van der Waals surface area (Å²) in [5.41, 5.74) is 1.51. The smallest absolute Gasteiger partial charge is 0.249 e. The molecule has 0 heterocycles. The molecule has 0 aliphatic rings. The van der Waals surface area contributed by atoms with Gasteiger partial charge in [0.15, 0.2) is 0 Å². The second-order valence-corrected chi connectivity index (χ2v) is 6.05. The number of amides is 2. The van der Waals surface area contributed by atoms with Crippen LogP contribution in [-0.4, -0.2) is 29.8 Å². The van der Waals surface area contributed by atoms with Gasteiger partial charge < -0.3 is 10.2 Å². The molecular weight excluding hydrogens is 331 g/mol. The van der Waals surface area contributed by atoms with Crippen LogP contribution in [0.25, 0.3) is 0 Å². The van der Waals surface area contributed by atoms with E-state index in [1.54, 1.807) is 17.0 Å². The summed E-state index contributed by atoms with van der Waals surface area (Å²) in [6, 6.07) is 14.7. The number of likely N-dealkylation sites (N-methyl/N-ethyl adjacent to an activating group) is 1. The van der Waals surface area contributed by atoms with Crippen LogP contribution < -0.4 is 5.32 Å². The minimum absolute atomic E-state index is 0.125. The van der Waals surface area contributed by atoms with Gasteiger partial charge in [-0.25, -0.2) is 4.39 Å². The Bertz CT molecular complexity index is 730. The summed E-state index contributed by atoms with van der Waals surface area (Å²) < 4.78 is 13.2. The molecule has 2 aromatic carbocycles. The van der Waals surface area contributed by atoms with Gasteiger partial charge in [0, 0.05) is 19.5 Å². The standard InChI is InChI=1S/C21H25FN2O2/c1-3-24(4-2)21(26)20(17-10-6-5-7-11-17)23-19(25)14-13-16-9-8-12-18(22)15-16/h5-12,15,20H,3-4,13-14H2,1-2H3,(H,23,25). The third-order valence-electron chi connectivity index (χ3n) is 4.29. The minimum atomic E-state index is -0.712. The van der Waals surface area contributed by atoms with Crippen molar-refractivity contribution in [2.45, 2.75) is 32.7 Å². The molecule has 2 aromatic rings. The van der Waals surface area contributed by atoms with E-state index in [-0.39, 0.29) is 24.1 Å². The summed E-state index contributed by atoms with van der Waals surface area (Å²) in [4.78, 5) is 26.9. The van der Waals surface area contributed by atoms with E-state index < -0.39 is 6.04 Å². The fraction of sp³-hybridized carbons (Fsp3) is 0.333. The molecule has 0 spiro atoms. The van der Waals surface area contributed by atoms with Gasteiger partial charge in [-0.05, 0) is 43.5 Å². The second-order valence-electron chi connectivity index (χ2n) is 6.05. The van der Waals surface area contributed by atoms with Gasteiger partial charge in [-0.1, -0.05) is 42.5 Å². The maximum absolute atomic E-state index is 13.2. The molecule has 4 nitrogen and oxygen atoms in total. The highest BCUT2D eigenvalue weighted by atomic mass is 19.1. The topological polar surface area (TPSA) is 49.4 Å². The average Bonchev–Trinajstić information content (AvgIpc) is 2.66. The van der Waals surface area contributed by atoms with Gasteiger partial charge in [0.05, 0.1) is 0 Å². The van der Waals surface area contributed by atoms with Crippen LogP contribution in [-0.2, 0) is 16.0 Å². The first-order chi connectivity index (χ1) is 12.5. The third-order valence-corrected chi connectivity index (χ3v) is 4.29. The highest BCUT2D eigenvalue weighted by Crippen LogP contribution is 2.16. The fourth-order valence-corrected chi connectivity index (χ4v) is 2.83. The van der Waals surface area contributed by atoms with Crippen molar-refractivity contribution in [3.63, 3.8) is 0 Å². The molecule has 0 saturated carbocycles. The van der Waals surface area contributed by atoms with Crippen LogP contribution in [0.2, 0.25) is 0 Å². The zero-order valence-electron chi connectivity index (χ0n) is 15.2. The predicted octanol–water partition coefficient (Wildman–Crippen LogP) is 3.48. The summed E-state index contributed by atoms with van der Waals surface area (Å²) in [6.07, 6.45) is 0.614. The van der Waals surface area contributed by atoms with Crippen LogP contribution in [0, 0.1) is 5.82 Å². The lowest BCUT2D eigenvalue weighted by Gasteiger charge is -2.26. The lowest BCUT2D eigenvalue weighted by molar-refractivity contribution is -0.136. The molecule has 2 amide bonds. The maximum Gasteiger partial charge on any atom is 0.249 e. The Hall–Kier alpha value is -2.69. The Morgan fingerprint density at radius 2 is 1.73 bits per heavy atom. The molecule has 0 saturated heterocycles. The van der Waals surface area contributed by atoms with Crippen molar-refractivity contribution >= 4 is 11.8 Å². The molecular formula is C21H25FN2O2. The first-order valence-corrected chi connectivity index (χ1v) is 8.92. The second kappa shape index (κ2) is 9.70. The van der Waals surface area contributed by atoms with E-state index >= 15 is 0 Å². The van der Waals surface area contributed by atoms with E-state index in [0.717, 1.165) is 11.1 Å². The number of hydrogen-bond acceptors (Lipinski definition) is 2. The van der Waals surface area contributed by atoms with Gasteiger partial charge >= 0.3 is 0 Å². The zero-order chi connectivity index (χ0) is 18.9. The molecule has 0 aliphatic carbocycles. The van der Waals surface area contributed by atoms with Crippen molar-refractivity contribution < 1.29 is 14.0 Å². The van der Waals surface area contributed by atoms with Crippen molar-refractivity contribution in [1.29, 1.82) is 0 Å². The van der Waals surface area contributed by atoms with E-state index in [2.05, 4.69) is 5.32 Å². The Morgan fingerprint density at radius 1 is 1.04 bits per heavy atom. The molecule has 5 heteroatoms. The normalized spacial score (nSPS) is 11.7. The predicted molar refractivity (Wildman–Crippen MR) is 100.0 cm³/mol. The Kier molecular flexibility index (Phi) is 7.33. The van der Waals surface area contributed by atoms with Crippen LogP contribution in [0.1, 0.15) is 37.4 Å². The molecule has 1 N–H and O–H groups in total. The third kappa shape index (κ3) is 5.41. The summed E-state index contributed by atoms with van der Waals surface area (Å²) in [5, 5.41) is 2.84. The molecule has 2 rings (SSSR count). The van der Waals surface area contributed by atoms with E-state index in [0.29, 0.717) is 19.5 Å². The summed E-state index contributed by atoms with van der Waals surface area (Å²) >= 11 is 0. The van der Waals surface area contributed by atoms with Crippen molar-refractivity contribution in [2.24, 2.45) is 0 Å². The quantitative estimate of drug-likeness (QED) is 0.787. The Balaban J connectivity index is 2.08. The number of nitrogens with one attached hydrogen (secondary N) is 1. The fourth-order valence-electron chi connectivity index (χ4n) is 2.83. The highest BCUT2D eigenvalue weighted by Gasteiger charge is 2.25. The van der Waals surface area contributed by atoms with Gasteiger partial charge in [-0.15, -0.1) is 0 Å². The Morgan fingerprint density at radius 3 is 2.35 bits per heavy atom.